The Morgan fingerprint density at radius 3 is 2.63 bits per heavy atom. The fourth-order valence-corrected chi connectivity index (χ4v) is 4.46. The first-order valence-electron chi connectivity index (χ1n) is 10.2. The topological polar surface area (TPSA) is 54.3 Å². The lowest BCUT2D eigenvalue weighted by molar-refractivity contribution is 0.0614. The maximum absolute atomic E-state index is 13.4. The van der Waals surface area contributed by atoms with Crippen molar-refractivity contribution >= 4 is 11.9 Å². The van der Waals surface area contributed by atoms with Crippen molar-refractivity contribution in [3.05, 3.63) is 41.0 Å². The van der Waals surface area contributed by atoms with E-state index in [1.165, 1.54) is 24.2 Å². The van der Waals surface area contributed by atoms with Gasteiger partial charge >= 0.3 is 0 Å². The minimum atomic E-state index is 0.0665. The smallest absolute Gasteiger partial charge is 0.257 e. The van der Waals surface area contributed by atoms with Crippen LogP contribution < -0.4 is 4.90 Å². The number of rotatable bonds is 4. The first-order chi connectivity index (χ1) is 13.1. The molecule has 1 unspecified atom stereocenters. The molecule has 1 amide bonds. The minimum Gasteiger partial charge on any atom is -0.345 e. The lowest BCUT2D eigenvalue weighted by Gasteiger charge is -2.37. The molecule has 1 atom stereocenters. The predicted octanol–water partition coefficient (Wildman–Crippen LogP) is 3.36. The summed E-state index contributed by atoms with van der Waals surface area (Å²) >= 11 is 0. The fourth-order valence-electron chi connectivity index (χ4n) is 4.46. The standard InChI is InChI=1S/C21H29N5O/c1-4-17-16(14-22-21(23-17)24-10-6-7-11-24)20(27)26-13-12-25-15(3)8-9-19(25)18(26)5-2/h8-9,14,18H,4-7,10-13H2,1-3H3. The number of fused-ring (bicyclic) bond motifs is 1. The molecule has 27 heavy (non-hydrogen) atoms. The van der Waals surface area contributed by atoms with Crippen LogP contribution in [0.5, 0.6) is 0 Å². The van der Waals surface area contributed by atoms with Crippen molar-refractivity contribution in [2.45, 2.75) is 59.0 Å². The van der Waals surface area contributed by atoms with E-state index in [9.17, 15) is 4.79 Å². The van der Waals surface area contributed by atoms with Crippen LogP contribution >= 0.6 is 0 Å². The number of nitrogens with zero attached hydrogens (tertiary/aromatic N) is 5. The van der Waals surface area contributed by atoms with Gasteiger partial charge < -0.3 is 14.4 Å². The van der Waals surface area contributed by atoms with Crippen LogP contribution in [-0.4, -0.2) is 45.0 Å². The number of aromatic nitrogens is 3. The first-order valence-corrected chi connectivity index (χ1v) is 10.2. The van der Waals surface area contributed by atoms with Gasteiger partial charge in [-0.25, -0.2) is 9.97 Å². The zero-order valence-corrected chi connectivity index (χ0v) is 16.6. The van der Waals surface area contributed by atoms with Gasteiger partial charge in [-0.05, 0) is 44.7 Å². The number of aryl methyl sites for hydroxylation is 2. The molecular weight excluding hydrogens is 338 g/mol. The molecule has 6 heteroatoms. The van der Waals surface area contributed by atoms with Crippen molar-refractivity contribution in [2.24, 2.45) is 0 Å². The second-order valence-electron chi connectivity index (χ2n) is 7.55. The zero-order chi connectivity index (χ0) is 19.0. The Hall–Kier alpha value is -2.37. The Balaban J connectivity index is 1.64. The maximum atomic E-state index is 13.4. The van der Waals surface area contributed by atoms with Gasteiger partial charge in [0.1, 0.15) is 0 Å². The summed E-state index contributed by atoms with van der Waals surface area (Å²) in [6.07, 6.45) is 5.79. The molecule has 2 aromatic heterocycles. The molecule has 0 saturated carbocycles. The molecule has 0 spiro atoms. The molecule has 0 bridgehead atoms. The van der Waals surface area contributed by atoms with Gasteiger partial charge in [0.2, 0.25) is 5.95 Å². The summed E-state index contributed by atoms with van der Waals surface area (Å²) in [4.78, 5) is 27.0. The molecule has 1 saturated heterocycles. The van der Waals surface area contributed by atoms with Gasteiger partial charge in [0, 0.05) is 43.8 Å². The molecule has 1 fully saturated rings. The summed E-state index contributed by atoms with van der Waals surface area (Å²) < 4.78 is 2.34. The molecule has 0 aromatic carbocycles. The molecule has 6 nitrogen and oxygen atoms in total. The normalized spacial score (nSPS) is 19.4. The van der Waals surface area contributed by atoms with Crippen LogP contribution in [0.3, 0.4) is 0 Å². The maximum Gasteiger partial charge on any atom is 0.257 e. The number of carbonyl (C=O) groups excluding carboxylic acids is 1. The van der Waals surface area contributed by atoms with E-state index in [0.717, 1.165) is 50.7 Å². The summed E-state index contributed by atoms with van der Waals surface area (Å²) in [5, 5.41) is 0. The molecule has 4 rings (SSSR count). The number of amides is 1. The average molecular weight is 367 g/mol. The highest BCUT2D eigenvalue weighted by atomic mass is 16.2. The third-order valence-electron chi connectivity index (χ3n) is 5.97. The van der Waals surface area contributed by atoms with Crippen molar-refractivity contribution in [2.75, 3.05) is 24.5 Å². The summed E-state index contributed by atoms with van der Waals surface area (Å²) in [6, 6.07) is 4.43. The summed E-state index contributed by atoms with van der Waals surface area (Å²) in [7, 11) is 0. The van der Waals surface area contributed by atoms with E-state index in [1.807, 2.05) is 4.90 Å². The average Bonchev–Trinajstić information content (AvgIpc) is 3.36. The van der Waals surface area contributed by atoms with Gasteiger partial charge in [-0.15, -0.1) is 0 Å². The summed E-state index contributed by atoms with van der Waals surface area (Å²) in [5.74, 6) is 0.841. The van der Waals surface area contributed by atoms with Gasteiger partial charge in [0.25, 0.3) is 5.91 Å². The van der Waals surface area contributed by atoms with E-state index in [-0.39, 0.29) is 11.9 Å². The van der Waals surface area contributed by atoms with Crippen molar-refractivity contribution < 1.29 is 4.79 Å². The monoisotopic (exact) mass is 367 g/mol. The lowest BCUT2D eigenvalue weighted by atomic mass is 10.0. The van der Waals surface area contributed by atoms with Crippen LogP contribution in [0, 0.1) is 6.92 Å². The number of anilines is 1. The molecule has 0 radical (unpaired) electrons. The molecule has 2 aliphatic rings. The van der Waals surface area contributed by atoms with Crippen molar-refractivity contribution in [3.63, 3.8) is 0 Å². The molecular formula is C21H29N5O. The number of carbonyl (C=O) groups is 1. The van der Waals surface area contributed by atoms with Gasteiger partial charge in [0.15, 0.2) is 0 Å². The predicted molar refractivity (Wildman–Crippen MR) is 106 cm³/mol. The van der Waals surface area contributed by atoms with Crippen molar-refractivity contribution in [3.8, 4) is 0 Å². The largest absolute Gasteiger partial charge is 0.345 e. The highest BCUT2D eigenvalue weighted by Gasteiger charge is 2.32. The van der Waals surface area contributed by atoms with Crippen LogP contribution in [0.1, 0.15) is 66.6 Å². The Morgan fingerprint density at radius 2 is 1.93 bits per heavy atom. The molecule has 0 aliphatic carbocycles. The fraction of sp³-hybridized carbons (Fsp3) is 0.571. The Labute approximate surface area is 161 Å². The zero-order valence-electron chi connectivity index (χ0n) is 16.6. The highest BCUT2D eigenvalue weighted by molar-refractivity contribution is 5.95. The van der Waals surface area contributed by atoms with Crippen LogP contribution in [0.25, 0.3) is 0 Å². The van der Waals surface area contributed by atoms with E-state index in [4.69, 9.17) is 4.98 Å². The van der Waals surface area contributed by atoms with E-state index in [0.29, 0.717) is 5.56 Å². The van der Waals surface area contributed by atoms with E-state index < -0.39 is 0 Å². The summed E-state index contributed by atoms with van der Waals surface area (Å²) in [6.45, 7) is 9.95. The first kappa shape index (κ1) is 18.0. The molecule has 2 aliphatic heterocycles. The Morgan fingerprint density at radius 1 is 1.15 bits per heavy atom. The Bertz CT molecular complexity index is 837. The Kier molecular flexibility index (Phi) is 4.89. The second-order valence-corrected chi connectivity index (χ2v) is 7.55. The molecule has 2 aromatic rings. The van der Waals surface area contributed by atoms with Crippen molar-refractivity contribution in [1.82, 2.24) is 19.4 Å². The third-order valence-corrected chi connectivity index (χ3v) is 5.97. The minimum absolute atomic E-state index is 0.0665. The van der Waals surface area contributed by atoms with E-state index in [2.05, 4.69) is 47.4 Å². The summed E-state index contributed by atoms with van der Waals surface area (Å²) in [5.41, 5.74) is 4.03. The van der Waals surface area contributed by atoms with Crippen LogP contribution in [-0.2, 0) is 13.0 Å². The van der Waals surface area contributed by atoms with Gasteiger partial charge in [-0.1, -0.05) is 13.8 Å². The lowest BCUT2D eigenvalue weighted by Crippen LogP contribution is -2.42. The number of hydrogen-bond donors (Lipinski definition) is 0. The van der Waals surface area contributed by atoms with Crippen LogP contribution in [0.15, 0.2) is 18.3 Å². The van der Waals surface area contributed by atoms with Crippen LogP contribution in [0.2, 0.25) is 0 Å². The molecule has 4 heterocycles. The molecule has 144 valence electrons. The van der Waals surface area contributed by atoms with E-state index >= 15 is 0 Å². The molecule has 0 N–H and O–H groups in total. The highest BCUT2D eigenvalue weighted by Crippen LogP contribution is 2.32. The van der Waals surface area contributed by atoms with Crippen molar-refractivity contribution in [1.29, 1.82) is 0 Å². The second kappa shape index (κ2) is 7.33. The number of hydrogen-bond acceptors (Lipinski definition) is 4. The van der Waals surface area contributed by atoms with Gasteiger partial charge in [0.05, 0.1) is 17.3 Å². The van der Waals surface area contributed by atoms with Gasteiger partial charge in [-0.3, -0.25) is 4.79 Å². The van der Waals surface area contributed by atoms with E-state index in [1.54, 1.807) is 6.20 Å². The van der Waals surface area contributed by atoms with Gasteiger partial charge in [-0.2, -0.15) is 0 Å². The van der Waals surface area contributed by atoms with Crippen LogP contribution in [0.4, 0.5) is 5.95 Å². The SMILES string of the molecule is CCc1nc(N2CCCC2)ncc1C(=O)N1CCn2c(C)ccc2C1CC. The third kappa shape index (κ3) is 3.11. The quantitative estimate of drug-likeness (QED) is 0.831.